The van der Waals surface area contributed by atoms with E-state index in [9.17, 15) is 0 Å². The first-order chi connectivity index (χ1) is 26.8. The van der Waals surface area contributed by atoms with Crippen molar-refractivity contribution in [1.82, 2.24) is 0 Å². The Labute approximate surface area is 310 Å². The van der Waals surface area contributed by atoms with Crippen LogP contribution in [0.15, 0.2) is 191 Å². The van der Waals surface area contributed by atoms with Gasteiger partial charge in [-0.2, -0.15) is 0 Å². The maximum Gasteiger partial charge on any atom is 0.143 e. The highest BCUT2D eigenvalue weighted by atomic mass is 16.3. The van der Waals surface area contributed by atoms with Crippen LogP contribution in [0.2, 0.25) is 0 Å². The van der Waals surface area contributed by atoms with Gasteiger partial charge in [-0.3, -0.25) is 0 Å². The fourth-order valence-corrected chi connectivity index (χ4v) is 9.05. The second-order valence-electron chi connectivity index (χ2n) is 14.3. The Balaban J connectivity index is 1.04. The maximum atomic E-state index is 6.69. The molecule has 0 unspecified atom stereocenters. The number of hydrogen-bond donors (Lipinski definition) is 0. The lowest BCUT2D eigenvalue weighted by Gasteiger charge is -2.18. The molecule has 0 aliphatic rings. The van der Waals surface area contributed by atoms with Crippen molar-refractivity contribution in [2.45, 2.75) is 0 Å². The molecule has 2 heteroatoms. The van der Waals surface area contributed by atoms with Gasteiger partial charge in [0, 0.05) is 33.0 Å². The summed E-state index contributed by atoms with van der Waals surface area (Å²) in [7, 11) is 0. The van der Waals surface area contributed by atoms with Crippen LogP contribution in [0, 0.1) is 0 Å². The molecule has 54 heavy (non-hydrogen) atoms. The summed E-state index contributed by atoms with van der Waals surface area (Å²) in [5.41, 5.74) is 10.7. The maximum absolute atomic E-state index is 6.69. The molecular formula is C52H30O2. The molecular weight excluding hydrogens is 657 g/mol. The average molecular weight is 687 g/mol. The second-order valence-corrected chi connectivity index (χ2v) is 14.3. The molecule has 2 heterocycles. The van der Waals surface area contributed by atoms with Crippen LogP contribution >= 0.6 is 0 Å². The number of fused-ring (bicyclic) bond motifs is 12. The van der Waals surface area contributed by atoms with Gasteiger partial charge < -0.3 is 8.83 Å². The number of hydrogen-bond acceptors (Lipinski definition) is 2. The first-order valence-electron chi connectivity index (χ1n) is 18.5. The smallest absolute Gasteiger partial charge is 0.143 e. The molecule has 0 bridgehead atoms. The number of benzene rings is 10. The van der Waals surface area contributed by atoms with Crippen molar-refractivity contribution < 1.29 is 8.83 Å². The topological polar surface area (TPSA) is 26.3 Å². The van der Waals surface area contributed by atoms with Crippen LogP contribution in [0.5, 0.6) is 0 Å². The van der Waals surface area contributed by atoms with Gasteiger partial charge in [-0.05, 0) is 89.3 Å². The van der Waals surface area contributed by atoms with Gasteiger partial charge in [0.15, 0.2) is 0 Å². The molecule has 0 fully saturated rings. The molecule has 0 radical (unpaired) electrons. The Morgan fingerprint density at radius 1 is 0.278 bits per heavy atom. The molecule has 2 nitrogen and oxygen atoms in total. The third-order valence-electron chi connectivity index (χ3n) is 11.4. The molecule has 0 spiro atoms. The lowest BCUT2D eigenvalue weighted by atomic mass is 9.85. The molecule has 12 aromatic rings. The van der Waals surface area contributed by atoms with Gasteiger partial charge in [0.2, 0.25) is 0 Å². The largest absolute Gasteiger partial charge is 0.456 e. The van der Waals surface area contributed by atoms with Crippen molar-refractivity contribution in [2.24, 2.45) is 0 Å². The number of rotatable bonds is 3. The molecule has 0 amide bonds. The van der Waals surface area contributed by atoms with Gasteiger partial charge in [-0.1, -0.05) is 158 Å². The zero-order valence-corrected chi connectivity index (χ0v) is 29.1. The van der Waals surface area contributed by atoms with Crippen molar-refractivity contribution >= 4 is 87.0 Å². The quantitative estimate of drug-likeness (QED) is 0.173. The van der Waals surface area contributed by atoms with Crippen LogP contribution in [0.25, 0.3) is 120 Å². The highest BCUT2D eigenvalue weighted by Gasteiger charge is 2.20. The van der Waals surface area contributed by atoms with Gasteiger partial charge >= 0.3 is 0 Å². The standard InChI is InChI=1S/C52H30O2/c1-2-13-33(14-3-1)49-38-18-8-10-20-40(38)50(41-21-11-9-19-39(41)49)34-24-22-32(23-25-34)43-29-48-51(37-17-7-6-16-36(37)43)45-28-44-42-27-26-31-12-4-5-15-35(31)52(42)54-46(44)30-47(45)53-48/h1-30H. The Morgan fingerprint density at radius 3 is 1.50 bits per heavy atom. The van der Waals surface area contributed by atoms with Crippen LogP contribution < -0.4 is 0 Å². The molecule has 0 aliphatic heterocycles. The van der Waals surface area contributed by atoms with Crippen LogP contribution in [0.4, 0.5) is 0 Å². The van der Waals surface area contributed by atoms with E-state index in [1.807, 2.05) is 0 Å². The van der Waals surface area contributed by atoms with E-state index >= 15 is 0 Å². The Hall–Kier alpha value is -7.16. The predicted molar refractivity (Wildman–Crippen MR) is 227 cm³/mol. The Bertz CT molecular complexity index is 3420. The van der Waals surface area contributed by atoms with Crippen LogP contribution in [0.3, 0.4) is 0 Å². The van der Waals surface area contributed by atoms with E-state index in [0.29, 0.717) is 0 Å². The van der Waals surface area contributed by atoms with E-state index in [1.54, 1.807) is 0 Å². The van der Waals surface area contributed by atoms with Gasteiger partial charge in [0.25, 0.3) is 0 Å². The molecule has 2 aromatic heterocycles. The van der Waals surface area contributed by atoms with Crippen molar-refractivity contribution in [1.29, 1.82) is 0 Å². The van der Waals surface area contributed by atoms with Crippen LogP contribution in [-0.4, -0.2) is 0 Å². The molecule has 0 aliphatic carbocycles. The SMILES string of the molecule is c1ccc(-c2c3ccccc3c(-c3ccc(-c4cc5oc6cc7oc8c9ccccc9ccc8c7cc6c5c5ccccc45)cc3)c3ccccc23)cc1. The summed E-state index contributed by atoms with van der Waals surface area (Å²) in [5.74, 6) is 0. The number of furan rings is 2. The zero-order valence-electron chi connectivity index (χ0n) is 29.1. The van der Waals surface area contributed by atoms with Crippen LogP contribution in [0.1, 0.15) is 0 Å². The normalized spacial score (nSPS) is 12.1. The molecule has 10 aromatic carbocycles. The van der Waals surface area contributed by atoms with E-state index in [2.05, 4.69) is 182 Å². The van der Waals surface area contributed by atoms with Gasteiger partial charge in [-0.15, -0.1) is 0 Å². The third-order valence-corrected chi connectivity index (χ3v) is 11.4. The van der Waals surface area contributed by atoms with Crippen molar-refractivity contribution in [3.63, 3.8) is 0 Å². The predicted octanol–water partition coefficient (Wildman–Crippen LogP) is 15.1. The van der Waals surface area contributed by atoms with Gasteiger partial charge in [-0.25, -0.2) is 0 Å². The molecule has 0 saturated carbocycles. The molecule has 0 atom stereocenters. The van der Waals surface area contributed by atoms with Gasteiger partial charge in [0.1, 0.15) is 22.3 Å². The van der Waals surface area contributed by atoms with E-state index in [4.69, 9.17) is 8.83 Å². The summed E-state index contributed by atoms with van der Waals surface area (Å²) < 4.78 is 13.2. The van der Waals surface area contributed by atoms with E-state index in [-0.39, 0.29) is 0 Å². The second kappa shape index (κ2) is 11.2. The minimum atomic E-state index is 0.830. The van der Waals surface area contributed by atoms with Crippen molar-refractivity contribution in [3.8, 4) is 33.4 Å². The lowest BCUT2D eigenvalue weighted by molar-refractivity contribution is 0.658. The van der Waals surface area contributed by atoms with Gasteiger partial charge in [0.05, 0.1) is 0 Å². The molecule has 0 N–H and O–H groups in total. The minimum Gasteiger partial charge on any atom is -0.456 e. The Kier molecular flexibility index (Phi) is 6.09. The fourth-order valence-electron chi connectivity index (χ4n) is 9.05. The van der Waals surface area contributed by atoms with E-state index < -0.39 is 0 Å². The summed E-state index contributed by atoms with van der Waals surface area (Å²) in [4.78, 5) is 0. The Morgan fingerprint density at radius 2 is 0.815 bits per heavy atom. The average Bonchev–Trinajstić information content (AvgIpc) is 3.79. The first-order valence-corrected chi connectivity index (χ1v) is 18.5. The van der Waals surface area contributed by atoms with Crippen molar-refractivity contribution in [3.05, 3.63) is 182 Å². The van der Waals surface area contributed by atoms with Crippen LogP contribution in [-0.2, 0) is 0 Å². The van der Waals surface area contributed by atoms with Crippen molar-refractivity contribution in [2.75, 3.05) is 0 Å². The highest BCUT2D eigenvalue weighted by Crippen LogP contribution is 2.46. The summed E-state index contributed by atoms with van der Waals surface area (Å²) in [6.07, 6.45) is 0. The van der Waals surface area contributed by atoms with E-state index in [1.165, 1.54) is 60.0 Å². The highest BCUT2D eigenvalue weighted by molar-refractivity contribution is 6.26. The summed E-state index contributed by atoms with van der Waals surface area (Å²) in [6, 6.07) is 65.6. The first kappa shape index (κ1) is 29.4. The molecule has 250 valence electrons. The molecule has 12 rings (SSSR count). The lowest BCUT2D eigenvalue weighted by Crippen LogP contribution is -1.91. The fraction of sp³-hybridized carbons (Fsp3) is 0. The van der Waals surface area contributed by atoms with E-state index in [0.717, 1.165) is 60.4 Å². The summed E-state index contributed by atoms with van der Waals surface area (Å²) >= 11 is 0. The molecule has 0 saturated heterocycles. The zero-order chi connectivity index (χ0) is 35.3. The third kappa shape index (κ3) is 4.17. The minimum absolute atomic E-state index is 0.830. The summed E-state index contributed by atoms with van der Waals surface area (Å²) in [6.45, 7) is 0. The summed E-state index contributed by atoms with van der Waals surface area (Å²) in [5, 5.41) is 14.2. The monoisotopic (exact) mass is 686 g/mol.